The summed E-state index contributed by atoms with van der Waals surface area (Å²) in [6, 6.07) is 17.9. The smallest absolute Gasteiger partial charge is 0.233 e. The van der Waals surface area contributed by atoms with E-state index in [1.54, 1.807) is 4.68 Å². The normalized spacial score (nSPS) is 11.9. The summed E-state index contributed by atoms with van der Waals surface area (Å²) >= 11 is 8.25. The van der Waals surface area contributed by atoms with E-state index < -0.39 is 0 Å². The molecule has 0 aliphatic heterocycles. The fourth-order valence-electron chi connectivity index (χ4n) is 2.28. The lowest BCUT2D eigenvalue weighted by Crippen LogP contribution is -2.30. The van der Waals surface area contributed by atoms with Crippen LogP contribution in [0.2, 0.25) is 0 Å². The molecular formula is C19H19N3OS3. The van der Waals surface area contributed by atoms with Crippen LogP contribution in [0, 0.1) is 10.9 Å². The number of nitrogens with zero attached hydrogens (tertiary/aromatic N) is 2. The standard InChI is InChI=1S/C19H19N3OS3/c1-13-8-10-15(11-9-13)12-20-17(23)14(2)25-18-21-22(19(24)26-18)16-6-4-3-5-7-16/h3-11,14H,12H2,1-2H3,(H,20,23)/t14-/m1/s1. The second kappa shape index (κ2) is 8.62. The van der Waals surface area contributed by atoms with E-state index >= 15 is 0 Å². The van der Waals surface area contributed by atoms with Crippen molar-refractivity contribution in [1.29, 1.82) is 0 Å². The molecule has 1 amide bonds. The summed E-state index contributed by atoms with van der Waals surface area (Å²) in [6.45, 7) is 4.45. The fourth-order valence-corrected chi connectivity index (χ4v) is 4.81. The van der Waals surface area contributed by atoms with Crippen LogP contribution in [0.15, 0.2) is 58.9 Å². The number of hydrogen-bond donors (Lipinski definition) is 1. The maximum absolute atomic E-state index is 12.4. The second-order valence-electron chi connectivity index (χ2n) is 5.84. The number of hydrogen-bond acceptors (Lipinski definition) is 5. The summed E-state index contributed by atoms with van der Waals surface area (Å²) in [6.07, 6.45) is 0. The Morgan fingerprint density at radius 1 is 1.23 bits per heavy atom. The van der Waals surface area contributed by atoms with Crippen LogP contribution >= 0.6 is 35.3 Å². The van der Waals surface area contributed by atoms with E-state index in [0.717, 1.165) is 15.6 Å². The number of nitrogens with one attached hydrogen (secondary N) is 1. The van der Waals surface area contributed by atoms with Crippen LogP contribution in [-0.4, -0.2) is 20.9 Å². The van der Waals surface area contributed by atoms with Crippen LogP contribution in [0.3, 0.4) is 0 Å². The highest BCUT2D eigenvalue weighted by Crippen LogP contribution is 2.27. The van der Waals surface area contributed by atoms with Crippen LogP contribution in [0.5, 0.6) is 0 Å². The SMILES string of the molecule is Cc1ccc(CNC(=O)[C@@H](C)Sc2nn(-c3ccccc3)c(=S)s2)cc1. The molecule has 4 nitrogen and oxygen atoms in total. The van der Waals surface area contributed by atoms with E-state index in [1.807, 2.05) is 68.4 Å². The number of benzene rings is 2. The van der Waals surface area contributed by atoms with Gasteiger partial charge in [-0.1, -0.05) is 71.1 Å². The van der Waals surface area contributed by atoms with Gasteiger partial charge < -0.3 is 5.32 Å². The summed E-state index contributed by atoms with van der Waals surface area (Å²) in [5.41, 5.74) is 3.22. The van der Waals surface area contributed by atoms with Gasteiger partial charge in [0.25, 0.3) is 0 Å². The van der Waals surface area contributed by atoms with Crippen molar-refractivity contribution in [2.24, 2.45) is 0 Å². The van der Waals surface area contributed by atoms with Gasteiger partial charge in [0.2, 0.25) is 5.91 Å². The molecule has 3 rings (SSSR count). The van der Waals surface area contributed by atoms with Gasteiger partial charge in [0.05, 0.1) is 10.9 Å². The molecule has 134 valence electrons. The molecule has 1 N–H and O–H groups in total. The van der Waals surface area contributed by atoms with Gasteiger partial charge in [0.15, 0.2) is 8.29 Å². The van der Waals surface area contributed by atoms with Gasteiger partial charge in [-0.2, -0.15) is 0 Å². The lowest BCUT2D eigenvalue weighted by molar-refractivity contribution is -0.120. The van der Waals surface area contributed by atoms with Gasteiger partial charge in [-0.05, 0) is 43.8 Å². The molecule has 1 heterocycles. The number of carbonyl (C=O) groups is 1. The monoisotopic (exact) mass is 401 g/mol. The summed E-state index contributed by atoms with van der Waals surface area (Å²) in [7, 11) is 0. The minimum absolute atomic E-state index is 0.0112. The molecule has 0 saturated heterocycles. The van der Waals surface area contributed by atoms with Crippen LogP contribution in [0.4, 0.5) is 0 Å². The van der Waals surface area contributed by atoms with Gasteiger partial charge in [0, 0.05) is 6.54 Å². The first kappa shape index (κ1) is 18.8. The molecule has 7 heteroatoms. The summed E-state index contributed by atoms with van der Waals surface area (Å²) in [4.78, 5) is 12.4. The molecule has 0 aliphatic carbocycles. The van der Waals surface area contributed by atoms with Crippen molar-refractivity contribution in [3.63, 3.8) is 0 Å². The number of thioether (sulfide) groups is 1. The Balaban J connectivity index is 1.60. The van der Waals surface area contributed by atoms with E-state index in [0.29, 0.717) is 10.5 Å². The Bertz CT molecular complexity index is 933. The number of aromatic nitrogens is 2. The molecule has 1 aromatic heterocycles. The van der Waals surface area contributed by atoms with Gasteiger partial charge in [0.1, 0.15) is 0 Å². The molecule has 0 fully saturated rings. The number of carbonyl (C=O) groups excluding carboxylic acids is 1. The number of amides is 1. The molecule has 0 saturated carbocycles. The second-order valence-corrected chi connectivity index (χ2v) is 9.06. The van der Waals surface area contributed by atoms with Gasteiger partial charge in [-0.15, -0.1) is 5.10 Å². The molecule has 0 radical (unpaired) electrons. The predicted molar refractivity (Wildman–Crippen MR) is 111 cm³/mol. The van der Waals surface area contributed by atoms with Crippen LogP contribution < -0.4 is 5.32 Å². The van der Waals surface area contributed by atoms with Crippen molar-refractivity contribution in [3.8, 4) is 5.69 Å². The van der Waals surface area contributed by atoms with Crippen LogP contribution in [-0.2, 0) is 11.3 Å². The van der Waals surface area contributed by atoms with Gasteiger partial charge >= 0.3 is 0 Å². The number of para-hydroxylation sites is 1. The van der Waals surface area contributed by atoms with E-state index in [2.05, 4.69) is 10.4 Å². The Kier molecular flexibility index (Phi) is 6.24. The first-order chi connectivity index (χ1) is 12.5. The predicted octanol–water partition coefficient (Wildman–Crippen LogP) is 4.77. The zero-order valence-electron chi connectivity index (χ0n) is 14.5. The van der Waals surface area contributed by atoms with Gasteiger partial charge in [-0.3, -0.25) is 4.79 Å². The Hall–Kier alpha value is -1.96. The van der Waals surface area contributed by atoms with Crippen molar-refractivity contribution >= 4 is 41.2 Å². The summed E-state index contributed by atoms with van der Waals surface area (Å²) < 4.78 is 3.20. The molecule has 1 atom stereocenters. The lowest BCUT2D eigenvalue weighted by atomic mass is 10.1. The van der Waals surface area contributed by atoms with Crippen LogP contribution in [0.1, 0.15) is 18.1 Å². The quantitative estimate of drug-likeness (QED) is 0.477. The number of aryl methyl sites for hydroxylation is 1. The highest BCUT2D eigenvalue weighted by Gasteiger charge is 2.17. The van der Waals surface area contributed by atoms with E-state index in [4.69, 9.17) is 12.2 Å². The third kappa shape index (κ3) is 4.81. The molecule has 3 aromatic rings. The summed E-state index contributed by atoms with van der Waals surface area (Å²) in [5, 5.41) is 7.27. The average molecular weight is 402 g/mol. The van der Waals surface area contributed by atoms with Crippen LogP contribution in [0.25, 0.3) is 5.69 Å². The minimum Gasteiger partial charge on any atom is -0.351 e. The Morgan fingerprint density at radius 2 is 1.92 bits per heavy atom. The highest BCUT2D eigenvalue weighted by atomic mass is 32.2. The third-order valence-corrected chi connectivity index (χ3v) is 6.18. The maximum atomic E-state index is 12.4. The van der Waals surface area contributed by atoms with E-state index in [1.165, 1.54) is 28.7 Å². The molecule has 0 spiro atoms. The Labute approximate surface area is 166 Å². The lowest BCUT2D eigenvalue weighted by Gasteiger charge is -2.10. The summed E-state index contributed by atoms with van der Waals surface area (Å²) in [5.74, 6) is -0.0112. The van der Waals surface area contributed by atoms with Crippen molar-refractivity contribution in [1.82, 2.24) is 15.1 Å². The first-order valence-corrected chi connectivity index (χ1v) is 10.3. The Morgan fingerprint density at radius 3 is 2.62 bits per heavy atom. The van der Waals surface area contributed by atoms with Crippen molar-refractivity contribution in [2.75, 3.05) is 0 Å². The minimum atomic E-state index is -0.245. The fraction of sp³-hybridized carbons (Fsp3) is 0.211. The van der Waals surface area contributed by atoms with Crippen molar-refractivity contribution < 1.29 is 4.79 Å². The first-order valence-electron chi connectivity index (χ1n) is 8.18. The molecule has 0 aliphatic rings. The largest absolute Gasteiger partial charge is 0.351 e. The molecule has 2 aromatic carbocycles. The number of rotatable bonds is 6. The van der Waals surface area contributed by atoms with Gasteiger partial charge in [-0.25, -0.2) is 4.68 Å². The third-order valence-electron chi connectivity index (χ3n) is 3.76. The van der Waals surface area contributed by atoms with E-state index in [-0.39, 0.29) is 11.2 Å². The molecule has 0 unspecified atom stereocenters. The maximum Gasteiger partial charge on any atom is 0.233 e. The highest BCUT2D eigenvalue weighted by molar-refractivity contribution is 8.02. The van der Waals surface area contributed by atoms with Crippen molar-refractivity contribution in [2.45, 2.75) is 30.0 Å². The topological polar surface area (TPSA) is 46.9 Å². The molecule has 0 bridgehead atoms. The molecular weight excluding hydrogens is 382 g/mol. The zero-order valence-corrected chi connectivity index (χ0v) is 17.0. The zero-order chi connectivity index (χ0) is 18.5. The van der Waals surface area contributed by atoms with Crippen molar-refractivity contribution in [3.05, 3.63) is 69.7 Å². The molecule has 26 heavy (non-hydrogen) atoms. The average Bonchev–Trinajstić information content (AvgIpc) is 3.01. The van der Waals surface area contributed by atoms with E-state index in [9.17, 15) is 4.79 Å².